The van der Waals surface area contributed by atoms with Gasteiger partial charge in [0.1, 0.15) is 12.4 Å². The van der Waals surface area contributed by atoms with Crippen molar-refractivity contribution in [2.75, 3.05) is 6.54 Å². The molecule has 94 valence electrons. The summed E-state index contributed by atoms with van der Waals surface area (Å²) >= 11 is 0. The van der Waals surface area contributed by atoms with E-state index in [9.17, 15) is 9.18 Å². The number of carbonyl (C=O) groups excluding carboxylic acids is 1. The monoisotopic (exact) mass is 239 g/mol. The molecule has 1 N–H and O–H groups in total. The average molecular weight is 239 g/mol. The van der Waals surface area contributed by atoms with E-state index in [1.807, 2.05) is 20.8 Å². The van der Waals surface area contributed by atoms with Crippen LogP contribution in [0.15, 0.2) is 24.3 Å². The van der Waals surface area contributed by atoms with Crippen molar-refractivity contribution in [1.29, 1.82) is 0 Å². The Bertz CT molecular complexity index is 385. The minimum atomic E-state index is -0.386. The Balaban J connectivity index is 2.36. The Hall–Kier alpha value is -1.42. The lowest BCUT2D eigenvalue weighted by Crippen LogP contribution is -2.39. The van der Waals surface area contributed by atoms with Crippen molar-refractivity contribution >= 4 is 5.97 Å². The molecule has 0 saturated heterocycles. The first-order valence-corrected chi connectivity index (χ1v) is 5.52. The highest BCUT2D eigenvalue weighted by Gasteiger charge is 2.12. The molecule has 0 aliphatic heterocycles. The molecule has 0 bridgehead atoms. The number of carbonyl (C=O) groups is 1. The van der Waals surface area contributed by atoms with Gasteiger partial charge in [0.25, 0.3) is 0 Å². The highest BCUT2D eigenvalue weighted by molar-refractivity contribution is 5.71. The molecular formula is C13H18FNO2. The van der Waals surface area contributed by atoms with E-state index >= 15 is 0 Å². The lowest BCUT2D eigenvalue weighted by Gasteiger charge is -2.19. The van der Waals surface area contributed by atoms with Crippen LogP contribution in [0.25, 0.3) is 0 Å². The third-order valence-electron chi connectivity index (χ3n) is 2.11. The van der Waals surface area contributed by atoms with Gasteiger partial charge < -0.3 is 10.1 Å². The molecule has 0 saturated carbocycles. The molecule has 0 heterocycles. The number of hydrogen-bond acceptors (Lipinski definition) is 3. The maximum absolute atomic E-state index is 13.2. The smallest absolute Gasteiger partial charge is 0.320 e. The van der Waals surface area contributed by atoms with Crippen molar-refractivity contribution in [3.8, 4) is 0 Å². The second kappa shape index (κ2) is 5.77. The Morgan fingerprint density at radius 2 is 2.00 bits per heavy atom. The molecule has 17 heavy (non-hydrogen) atoms. The summed E-state index contributed by atoms with van der Waals surface area (Å²) in [5.74, 6) is -0.743. The first-order valence-electron chi connectivity index (χ1n) is 5.52. The molecule has 0 fully saturated rings. The number of nitrogens with one attached hydrogen (secondary N) is 1. The van der Waals surface area contributed by atoms with E-state index in [2.05, 4.69) is 5.32 Å². The Morgan fingerprint density at radius 1 is 1.35 bits per heavy atom. The maximum atomic E-state index is 13.2. The van der Waals surface area contributed by atoms with Gasteiger partial charge >= 0.3 is 5.97 Å². The number of rotatable bonds is 4. The normalized spacial score (nSPS) is 11.3. The number of esters is 1. The SMILES string of the molecule is CC(C)(C)NCC(=O)OCc1ccccc1F. The van der Waals surface area contributed by atoms with Crippen LogP contribution in [-0.2, 0) is 16.1 Å². The van der Waals surface area contributed by atoms with Gasteiger partial charge in [-0.1, -0.05) is 18.2 Å². The van der Waals surface area contributed by atoms with Crippen molar-refractivity contribution in [1.82, 2.24) is 5.32 Å². The second-order valence-electron chi connectivity index (χ2n) is 4.86. The van der Waals surface area contributed by atoms with Gasteiger partial charge in [0.05, 0.1) is 6.54 Å². The van der Waals surface area contributed by atoms with Gasteiger partial charge in [0, 0.05) is 11.1 Å². The van der Waals surface area contributed by atoms with Crippen LogP contribution < -0.4 is 5.32 Å². The van der Waals surface area contributed by atoms with E-state index in [1.165, 1.54) is 6.07 Å². The van der Waals surface area contributed by atoms with E-state index in [4.69, 9.17) is 4.74 Å². The van der Waals surface area contributed by atoms with Crippen molar-refractivity contribution < 1.29 is 13.9 Å². The lowest BCUT2D eigenvalue weighted by atomic mass is 10.1. The quantitative estimate of drug-likeness (QED) is 0.819. The van der Waals surface area contributed by atoms with E-state index in [0.717, 1.165) is 0 Å². The molecule has 0 aliphatic rings. The third kappa shape index (κ3) is 5.45. The summed E-state index contributed by atoms with van der Waals surface area (Å²) in [7, 11) is 0. The van der Waals surface area contributed by atoms with Gasteiger partial charge in [-0.15, -0.1) is 0 Å². The molecular weight excluding hydrogens is 221 g/mol. The molecule has 1 rings (SSSR count). The minimum Gasteiger partial charge on any atom is -0.460 e. The summed E-state index contributed by atoms with van der Waals surface area (Å²) in [4.78, 5) is 11.4. The summed E-state index contributed by atoms with van der Waals surface area (Å²) in [5, 5.41) is 3.00. The van der Waals surface area contributed by atoms with E-state index < -0.39 is 0 Å². The van der Waals surface area contributed by atoms with Crippen LogP contribution in [0.1, 0.15) is 26.3 Å². The van der Waals surface area contributed by atoms with Crippen LogP contribution in [0.5, 0.6) is 0 Å². The van der Waals surface area contributed by atoms with Gasteiger partial charge in [0.15, 0.2) is 0 Å². The molecule has 0 amide bonds. The maximum Gasteiger partial charge on any atom is 0.320 e. The first kappa shape index (κ1) is 13.6. The van der Waals surface area contributed by atoms with E-state index in [-0.39, 0.29) is 30.5 Å². The van der Waals surface area contributed by atoms with Crippen LogP contribution in [0, 0.1) is 5.82 Å². The summed E-state index contributed by atoms with van der Waals surface area (Å²) in [6.45, 7) is 5.96. The zero-order chi connectivity index (χ0) is 12.9. The fourth-order valence-electron chi connectivity index (χ4n) is 1.16. The summed E-state index contributed by atoms with van der Waals surface area (Å²) in [5.41, 5.74) is 0.244. The number of ether oxygens (including phenoxy) is 1. The van der Waals surface area contributed by atoms with E-state index in [0.29, 0.717) is 5.56 Å². The minimum absolute atomic E-state index is 0.0304. The van der Waals surface area contributed by atoms with Gasteiger partial charge in [-0.2, -0.15) is 0 Å². The Labute approximate surface area is 101 Å². The van der Waals surface area contributed by atoms with Gasteiger partial charge in [-0.3, -0.25) is 4.79 Å². The molecule has 0 unspecified atom stereocenters. The molecule has 1 aromatic carbocycles. The van der Waals surface area contributed by atoms with Crippen molar-refractivity contribution in [2.45, 2.75) is 32.9 Å². The van der Waals surface area contributed by atoms with Gasteiger partial charge in [-0.25, -0.2) is 4.39 Å². The summed E-state index contributed by atoms with van der Waals surface area (Å²) in [6.07, 6.45) is 0. The van der Waals surface area contributed by atoms with E-state index in [1.54, 1.807) is 18.2 Å². The van der Waals surface area contributed by atoms with Crippen LogP contribution >= 0.6 is 0 Å². The molecule has 0 spiro atoms. The first-order chi connectivity index (χ1) is 7.88. The van der Waals surface area contributed by atoms with Crippen molar-refractivity contribution in [2.24, 2.45) is 0 Å². The van der Waals surface area contributed by atoms with Crippen LogP contribution in [0.4, 0.5) is 4.39 Å². The number of halogens is 1. The number of hydrogen-bond donors (Lipinski definition) is 1. The highest BCUT2D eigenvalue weighted by Crippen LogP contribution is 2.07. The predicted molar refractivity (Wildman–Crippen MR) is 64.0 cm³/mol. The molecule has 1 aromatic rings. The zero-order valence-electron chi connectivity index (χ0n) is 10.4. The largest absolute Gasteiger partial charge is 0.460 e. The molecule has 0 radical (unpaired) electrons. The summed E-state index contributed by atoms with van der Waals surface area (Å²) in [6, 6.07) is 6.25. The molecule has 0 atom stereocenters. The molecule has 0 aliphatic carbocycles. The molecule has 0 aromatic heterocycles. The second-order valence-corrected chi connectivity index (χ2v) is 4.86. The zero-order valence-corrected chi connectivity index (χ0v) is 10.4. The number of benzene rings is 1. The lowest BCUT2D eigenvalue weighted by molar-refractivity contribution is -0.144. The standard InChI is InChI=1S/C13H18FNO2/c1-13(2,3)15-8-12(16)17-9-10-6-4-5-7-11(10)14/h4-7,15H,8-9H2,1-3H3. The van der Waals surface area contributed by atoms with Gasteiger partial charge in [-0.05, 0) is 26.8 Å². The van der Waals surface area contributed by atoms with Crippen LogP contribution in [-0.4, -0.2) is 18.1 Å². The van der Waals surface area contributed by atoms with Crippen LogP contribution in [0.2, 0.25) is 0 Å². The predicted octanol–water partition coefficient (Wildman–Crippen LogP) is 2.26. The topological polar surface area (TPSA) is 38.3 Å². The molecule has 4 heteroatoms. The Kier molecular flexibility index (Phi) is 4.63. The molecule has 3 nitrogen and oxygen atoms in total. The van der Waals surface area contributed by atoms with Crippen molar-refractivity contribution in [3.63, 3.8) is 0 Å². The van der Waals surface area contributed by atoms with Gasteiger partial charge in [0.2, 0.25) is 0 Å². The third-order valence-corrected chi connectivity index (χ3v) is 2.11. The van der Waals surface area contributed by atoms with Crippen molar-refractivity contribution in [3.05, 3.63) is 35.6 Å². The fraction of sp³-hybridized carbons (Fsp3) is 0.462. The fourth-order valence-corrected chi connectivity index (χ4v) is 1.16. The average Bonchev–Trinajstić information content (AvgIpc) is 2.24. The summed E-state index contributed by atoms with van der Waals surface area (Å²) < 4.78 is 18.2. The van der Waals surface area contributed by atoms with Crippen LogP contribution in [0.3, 0.4) is 0 Å². The Morgan fingerprint density at radius 3 is 2.59 bits per heavy atom. The highest BCUT2D eigenvalue weighted by atomic mass is 19.1.